The zero-order valence-electron chi connectivity index (χ0n) is 18.7. The number of methoxy groups -OCH3 is 1. The van der Waals surface area contributed by atoms with Crippen LogP contribution < -0.4 is 4.90 Å². The molecule has 33 heavy (non-hydrogen) atoms. The van der Waals surface area contributed by atoms with Crippen molar-refractivity contribution in [1.82, 2.24) is 4.90 Å². The lowest BCUT2D eigenvalue weighted by Crippen LogP contribution is -2.48. The van der Waals surface area contributed by atoms with Gasteiger partial charge in [-0.1, -0.05) is 17.7 Å². The van der Waals surface area contributed by atoms with Crippen LogP contribution in [0.2, 0.25) is 0 Å². The molecule has 2 aromatic carbocycles. The van der Waals surface area contributed by atoms with Crippen molar-refractivity contribution >= 4 is 29.4 Å². The number of rotatable bonds is 6. The first-order valence-electron chi connectivity index (χ1n) is 10.9. The second-order valence-electron chi connectivity index (χ2n) is 8.29. The van der Waals surface area contributed by atoms with Gasteiger partial charge in [-0.25, -0.2) is 9.69 Å². The van der Waals surface area contributed by atoms with Gasteiger partial charge in [-0.3, -0.25) is 14.4 Å². The predicted octanol–water partition coefficient (Wildman–Crippen LogP) is 2.73. The average molecular weight is 450 g/mol. The van der Waals surface area contributed by atoms with Crippen LogP contribution in [0, 0.1) is 6.92 Å². The lowest BCUT2D eigenvalue weighted by atomic mass is 10.1. The lowest BCUT2D eigenvalue weighted by Gasteiger charge is -2.30. The molecule has 3 amide bonds. The molecule has 2 aliphatic heterocycles. The Kier molecular flexibility index (Phi) is 6.55. The van der Waals surface area contributed by atoms with E-state index in [9.17, 15) is 19.2 Å². The zero-order chi connectivity index (χ0) is 23.5. The van der Waals surface area contributed by atoms with Gasteiger partial charge in [-0.2, -0.15) is 0 Å². The van der Waals surface area contributed by atoms with Gasteiger partial charge in [-0.05, 0) is 56.2 Å². The van der Waals surface area contributed by atoms with E-state index in [-0.39, 0.29) is 25.0 Å². The van der Waals surface area contributed by atoms with Crippen LogP contribution in [0.25, 0.3) is 0 Å². The van der Waals surface area contributed by atoms with E-state index in [1.54, 1.807) is 18.2 Å². The van der Waals surface area contributed by atoms with Crippen molar-refractivity contribution in [2.75, 3.05) is 25.2 Å². The number of nitrogens with zero attached hydrogens (tertiary/aromatic N) is 2. The normalized spacial score (nSPS) is 20.2. The first-order chi connectivity index (χ1) is 15.9. The average Bonchev–Trinajstić information content (AvgIpc) is 3.44. The standard InChI is InChI=1S/C25H26N2O6/c1-16-5-3-6-18(13-16)23(29)26(15-20-7-4-12-33-20)21-14-22(28)27(24(21)30)19-10-8-17(9-11-19)25(31)32-2/h3,5-6,8-11,13,20-21H,4,7,12,14-15H2,1-2H3. The fraction of sp³-hybridized carbons (Fsp3) is 0.360. The molecule has 2 unspecified atom stereocenters. The third-order valence-electron chi connectivity index (χ3n) is 6.00. The molecule has 0 bridgehead atoms. The number of esters is 1. The quantitative estimate of drug-likeness (QED) is 0.496. The molecule has 0 spiro atoms. The summed E-state index contributed by atoms with van der Waals surface area (Å²) in [6.45, 7) is 2.75. The van der Waals surface area contributed by atoms with Crippen molar-refractivity contribution in [2.24, 2.45) is 0 Å². The topological polar surface area (TPSA) is 93.2 Å². The van der Waals surface area contributed by atoms with Crippen LogP contribution >= 0.6 is 0 Å². The Morgan fingerprint density at radius 3 is 2.52 bits per heavy atom. The van der Waals surface area contributed by atoms with Crippen LogP contribution in [-0.2, 0) is 19.1 Å². The van der Waals surface area contributed by atoms with Crippen LogP contribution in [0.4, 0.5) is 5.69 Å². The van der Waals surface area contributed by atoms with Crippen LogP contribution in [0.1, 0.15) is 45.5 Å². The van der Waals surface area contributed by atoms with E-state index in [1.807, 2.05) is 13.0 Å². The van der Waals surface area contributed by atoms with Crippen molar-refractivity contribution in [3.8, 4) is 0 Å². The Bertz CT molecular complexity index is 1070. The lowest BCUT2D eigenvalue weighted by molar-refractivity contribution is -0.122. The molecular formula is C25H26N2O6. The monoisotopic (exact) mass is 450 g/mol. The summed E-state index contributed by atoms with van der Waals surface area (Å²) in [7, 11) is 1.28. The van der Waals surface area contributed by atoms with Crippen LogP contribution in [0.15, 0.2) is 48.5 Å². The minimum atomic E-state index is -0.921. The summed E-state index contributed by atoms with van der Waals surface area (Å²) in [6, 6.07) is 12.3. The molecule has 0 radical (unpaired) electrons. The number of aryl methyl sites for hydroxylation is 1. The van der Waals surface area contributed by atoms with Gasteiger partial charge < -0.3 is 14.4 Å². The number of hydrogen-bond acceptors (Lipinski definition) is 6. The highest BCUT2D eigenvalue weighted by atomic mass is 16.5. The van der Waals surface area contributed by atoms with Gasteiger partial charge >= 0.3 is 5.97 Å². The Morgan fingerprint density at radius 2 is 1.88 bits per heavy atom. The minimum absolute atomic E-state index is 0.109. The Morgan fingerprint density at radius 1 is 1.12 bits per heavy atom. The molecule has 2 aromatic rings. The van der Waals surface area contributed by atoms with Crippen molar-refractivity contribution < 1.29 is 28.7 Å². The smallest absolute Gasteiger partial charge is 0.337 e. The highest BCUT2D eigenvalue weighted by molar-refractivity contribution is 6.23. The Balaban J connectivity index is 1.61. The van der Waals surface area contributed by atoms with Crippen molar-refractivity contribution in [3.63, 3.8) is 0 Å². The summed E-state index contributed by atoms with van der Waals surface area (Å²) in [6.07, 6.45) is 1.41. The second kappa shape index (κ2) is 9.54. The van der Waals surface area contributed by atoms with Crippen LogP contribution in [-0.4, -0.2) is 61.0 Å². The van der Waals surface area contributed by atoms with E-state index in [4.69, 9.17) is 4.74 Å². The molecule has 2 heterocycles. The third-order valence-corrected chi connectivity index (χ3v) is 6.00. The number of carbonyl (C=O) groups is 4. The molecule has 0 saturated carbocycles. The first kappa shape index (κ1) is 22.7. The number of benzene rings is 2. The fourth-order valence-corrected chi connectivity index (χ4v) is 4.30. The molecule has 0 aliphatic carbocycles. The van der Waals surface area contributed by atoms with E-state index >= 15 is 0 Å². The molecule has 8 heteroatoms. The summed E-state index contributed by atoms with van der Waals surface area (Å²) in [4.78, 5) is 54.0. The van der Waals surface area contributed by atoms with E-state index in [0.717, 1.165) is 23.3 Å². The largest absolute Gasteiger partial charge is 0.465 e. The maximum atomic E-state index is 13.5. The summed E-state index contributed by atoms with van der Waals surface area (Å²) in [5.41, 5.74) is 2.06. The number of amides is 3. The van der Waals surface area contributed by atoms with Gasteiger partial charge in [0.25, 0.3) is 11.8 Å². The van der Waals surface area contributed by atoms with E-state index < -0.39 is 23.8 Å². The molecule has 2 fully saturated rings. The van der Waals surface area contributed by atoms with Gasteiger partial charge in [0.1, 0.15) is 6.04 Å². The zero-order valence-corrected chi connectivity index (χ0v) is 18.7. The molecular weight excluding hydrogens is 424 g/mol. The van der Waals surface area contributed by atoms with Crippen LogP contribution in [0.5, 0.6) is 0 Å². The van der Waals surface area contributed by atoms with Gasteiger partial charge in [0.2, 0.25) is 5.91 Å². The molecule has 2 saturated heterocycles. The molecule has 4 rings (SSSR count). The van der Waals surface area contributed by atoms with Crippen molar-refractivity contribution in [1.29, 1.82) is 0 Å². The first-order valence-corrected chi connectivity index (χ1v) is 10.9. The minimum Gasteiger partial charge on any atom is -0.465 e. The van der Waals surface area contributed by atoms with Crippen molar-refractivity contribution in [2.45, 2.75) is 38.3 Å². The van der Waals surface area contributed by atoms with Crippen LogP contribution in [0.3, 0.4) is 0 Å². The maximum absolute atomic E-state index is 13.5. The van der Waals surface area contributed by atoms with Gasteiger partial charge in [0.05, 0.1) is 30.9 Å². The second-order valence-corrected chi connectivity index (χ2v) is 8.29. The Labute approximate surface area is 192 Å². The predicted molar refractivity (Wildman–Crippen MR) is 120 cm³/mol. The molecule has 2 atom stereocenters. The summed E-state index contributed by atoms with van der Waals surface area (Å²) < 4.78 is 10.4. The van der Waals surface area contributed by atoms with E-state index in [1.165, 1.54) is 36.3 Å². The maximum Gasteiger partial charge on any atom is 0.337 e. The van der Waals surface area contributed by atoms with E-state index in [2.05, 4.69) is 4.74 Å². The highest BCUT2D eigenvalue weighted by Gasteiger charge is 2.45. The molecule has 2 aliphatic rings. The molecule has 172 valence electrons. The van der Waals surface area contributed by atoms with Gasteiger partial charge in [0, 0.05) is 18.7 Å². The third kappa shape index (κ3) is 4.66. The molecule has 0 aromatic heterocycles. The van der Waals surface area contributed by atoms with Gasteiger partial charge in [-0.15, -0.1) is 0 Å². The molecule has 8 nitrogen and oxygen atoms in total. The van der Waals surface area contributed by atoms with E-state index in [0.29, 0.717) is 23.4 Å². The number of carbonyl (C=O) groups excluding carboxylic acids is 4. The summed E-state index contributed by atoms with van der Waals surface area (Å²) >= 11 is 0. The fourth-order valence-electron chi connectivity index (χ4n) is 4.30. The molecule has 0 N–H and O–H groups in total. The van der Waals surface area contributed by atoms with Crippen molar-refractivity contribution in [3.05, 3.63) is 65.2 Å². The Hall–Kier alpha value is -3.52. The summed E-state index contributed by atoms with van der Waals surface area (Å²) in [5.74, 6) is -1.68. The highest BCUT2D eigenvalue weighted by Crippen LogP contribution is 2.28. The van der Waals surface area contributed by atoms with Gasteiger partial charge in [0.15, 0.2) is 0 Å². The summed E-state index contributed by atoms with van der Waals surface area (Å²) in [5, 5.41) is 0. The number of hydrogen-bond donors (Lipinski definition) is 0. The number of anilines is 1. The number of ether oxygens (including phenoxy) is 2. The number of imide groups is 1. The SMILES string of the molecule is COC(=O)c1ccc(N2C(=O)CC(N(CC3CCCO3)C(=O)c3cccc(C)c3)C2=O)cc1.